The van der Waals surface area contributed by atoms with Gasteiger partial charge in [-0.25, -0.2) is 0 Å². The second-order valence-corrected chi connectivity index (χ2v) is 9.07. The first kappa shape index (κ1) is 19.9. The van der Waals surface area contributed by atoms with Crippen molar-refractivity contribution in [2.75, 3.05) is 37.7 Å². The average Bonchev–Trinajstić information content (AvgIpc) is 3.28. The lowest BCUT2D eigenvalue weighted by Crippen LogP contribution is -2.48. The minimum atomic E-state index is -0.462. The lowest BCUT2D eigenvalue weighted by atomic mass is 9.75. The number of ether oxygens (including phenoxy) is 1. The summed E-state index contributed by atoms with van der Waals surface area (Å²) in [5.74, 6) is 0.215. The van der Waals surface area contributed by atoms with Crippen molar-refractivity contribution in [3.8, 4) is 0 Å². The summed E-state index contributed by atoms with van der Waals surface area (Å²) in [6.45, 7) is 7.72. The Morgan fingerprint density at radius 2 is 1.74 bits per heavy atom. The number of esters is 1. The molecule has 1 amide bonds. The summed E-state index contributed by atoms with van der Waals surface area (Å²) in [5, 5.41) is 0. The number of carbonyl (C=O) groups excluding carboxylic acids is 2. The third kappa shape index (κ3) is 3.62. The number of cyclic esters (lactones) is 1. The minimum Gasteiger partial charge on any atom is -0.465 e. The van der Waals surface area contributed by atoms with E-state index in [-0.39, 0.29) is 17.8 Å². The fourth-order valence-electron chi connectivity index (χ4n) is 5.38. The maximum absolute atomic E-state index is 13.0. The van der Waals surface area contributed by atoms with Gasteiger partial charge in [0.05, 0.1) is 12.0 Å². The summed E-state index contributed by atoms with van der Waals surface area (Å²) in [4.78, 5) is 29.8. The van der Waals surface area contributed by atoms with Crippen LogP contribution in [0.3, 0.4) is 0 Å². The van der Waals surface area contributed by atoms with E-state index in [0.29, 0.717) is 38.1 Å². The highest BCUT2D eigenvalue weighted by Gasteiger charge is 2.55. The van der Waals surface area contributed by atoms with Gasteiger partial charge in [-0.1, -0.05) is 42.5 Å². The number of carbonyl (C=O) groups is 2. The summed E-state index contributed by atoms with van der Waals surface area (Å²) in [7, 11) is 0. The van der Waals surface area contributed by atoms with Gasteiger partial charge >= 0.3 is 5.97 Å². The molecule has 31 heavy (non-hydrogen) atoms. The van der Waals surface area contributed by atoms with Crippen LogP contribution in [0.15, 0.2) is 66.7 Å². The van der Waals surface area contributed by atoms with E-state index >= 15 is 0 Å². The van der Waals surface area contributed by atoms with Crippen LogP contribution in [0.4, 0.5) is 5.69 Å². The van der Waals surface area contributed by atoms with Gasteiger partial charge in [0.2, 0.25) is 0 Å². The van der Waals surface area contributed by atoms with Crippen LogP contribution in [0.2, 0.25) is 0 Å². The van der Waals surface area contributed by atoms with Crippen molar-refractivity contribution in [1.82, 2.24) is 4.90 Å². The van der Waals surface area contributed by atoms with Gasteiger partial charge in [0, 0.05) is 43.3 Å². The number of anilines is 1. The smallest absolute Gasteiger partial charge is 0.313 e. The van der Waals surface area contributed by atoms with Crippen molar-refractivity contribution in [3.63, 3.8) is 0 Å². The summed E-state index contributed by atoms with van der Waals surface area (Å²) in [6, 6.07) is 18.1. The molecule has 0 aromatic heterocycles. The van der Waals surface area contributed by atoms with Crippen LogP contribution in [-0.4, -0.2) is 49.6 Å². The normalized spacial score (nSPS) is 25.5. The van der Waals surface area contributed by atoms with Crippen LogP contribution in [0, 0.1) is 11.3 Å². The number of para-hydroxylation sites is 1. The van der Waals surface area contributed by atoms with E-state index in [0.717, 1.165) is 30.6 Å². The molecule has 2 aromatic rings. The van der Waals surface area contributed by atoms with Gasteiger partial charge in [0.15, 0.2) is 0 Å². The Bertz CT molecular complexity index is 993. The molecule has 2 saturated heterocycles. The molecule has 5 heteroatoms. The number of hydrogen-bond acceptors (Lipinski definition) is 4. The predicted octanol–water partition coefficient (Wildman–Crippen LogP) is 3.70. The molecule has 2 aliphatic heterocycles. The van der Waals surface area contributed by atoms with E-state index in [1.54, 1.807) is 0 Å². The number of benzene rings is 2. The Morgan fingerprint density at radius 1 is 1.03 bits per heavy atom. The third-order valence-corrected chi connectivity index (χ3v) is 7.11. The van der Waals surface area contributed by atoms with Gasteiger partial charge in [-0.05, 0) is 49.1 Å². The van der Waals surface area contributed by atoms with Crippen molar-refractivity contribution in [2.45, 2.75) is 19.3 Å². The Hall–Kier alpha value is -3.08. The van der Waals surface area contributed by atoms with Gasteiger partial charge in [0.25, 0.3) is 5.91 Å². The molecule has 1 aliphatic carbocycles. The topological polar surface area (TPSA) is 49.9 Å². The molecule has 5 nitrogen and oxygen atoms in total. The largest absolute Gasteiger partial charge is 0.465 e. The number of hydrogen-bond donors (Lipinski definition) is 0. The first-order valence-corrected chi connectivity index (χ1v) is 11.1. The molecular formula is C26H28N2O3. The van der Waals surface area contributed by atoms with E-state index < -0.39 is 5.41 Å². The standard InChI is InChI=1S/C26H28N2O3/c1-19-15-22-18-31-25(30)26(22,16-19)17-20-7-9-21(10-8-20)24(29)28-13-11-27(12-14-28)23-5-3-2-4-6-23/h2-10,22H,1,11-18H2. The fourth-order valence-corrected chi connectivity index (χ4v) is 5.38. The van der Waals surface area contributed by atoms with Gasteiger partial charge in [-0.3, -0.25) is 9.59 Å². The van der Waals surface area contributed by atoms with Crippen molar-refractivity contribution in [2.24, 2.45) is 11.3 Å². The van der Waals surface area contributed by atoms with Gasteiger partial charge < -0.3 is 14.5 Å². The molecule has 2 unspecified atom stereocenters. The lowest BCUT2D eigenvalue weighted by molar-refractivity contribution is -0.146. The number of nitrogens with zero attached hydrogens (tertiary/aromatic N) is 2. The molecule has 2 aromatic carbocycles. The molecular weight excluding hydrogens is 388 g/mol. The van der Waals surface area contributed by atoms with Crippen LogP contribution >= 0.6 is 0 Å². The quantitative estimate of drug-likeness (QED) is 0.563. The van der Waals surface area contributed by atoms with Crippen molar-refractivity contribution < 1.29 is 14.3 Å². The summed E-state index contributed by atoms with van der Waals surface area (Å²) in [6.07, 6.45) is 2.24. The Kier molecular flexibility index (Phi) is 5.05. The number of amides is 1. The Morgan fingerprint density at radius 3 is 2.45 bits per heavy atom. The fraction of sp³-hybridized carbons (Fsp3) is 0.385. The van der Waals surface area contributed by atoms with E-state index in [2.05, 4.69) is 23.6 Å². The number of allylic oxidation sites excluding steroid dienone is 1. The zero-order valence-electron chi connectivity index (χ0n) is 17.8. The zero-order chi connectivity index (χ0) is 21.4. The SMILES string of the molecule is C=C1CC2COC(=O)C2(Cc2ccc(C(=O)N3CCN(c4ccccc4)CC3)cc2)C1. The van der Waals surface area contributed by atoms with Crippen LogP contribution in [0.1, 0.15) is 28.8 Å². The maximum Gasteiger partial charge on any atom is 0.313 e. The second kappa shape index (κ2) is 7.88. The number of piperazine rings is 1. The van der Waals surface area contributed by atoms with Crippen LogP contribution in [0.25, 0.3) is 0 Å². The minimum absolute atomic E-state index is 0.0739. The van der Waals surface area contributed by atoms with Crippen LogP contribution < -0.4 is 4.90 Å². The van der Waals surface area contributed by atoms with Crippen molar-refractivity contribution in [3.05, 3.63) is 77.9 Å². The van der Waals surface area contributed by atoms with E-state index in [1.165, 1.54) is 5.69 Å². The molecule has 1 saturated carbocycles. The average molecular weight is 417 g/mol. The van der Waals surface area contributed by atoms with Gasteiger partial charge in [-0.2, -0.15) is 0 Å². The second-order valence-electron chi connectivity index (χ2n) is 9.07. The first-order chi connectivity index (χ1) is 15.0. The maximum atomic E-state index is 13.0. The van der Waals surface area contributed by atoms with Crippen molar-refractivity contribution >= 4 is 17.6 Å². The lowest BCUT2D eigenvalue weighted by Gasteiger charge is -2.36. The summed E-state index contributed by atoms with van der Waals surface area (Å²) in [5.41, 5.74) is 3.66. The highest BCUT2D eigenvalue weighted by molar-refractivity contribution is 5.94. The molecule has 3 aliphatic rings. The molecule has 3 fully saturated rings. The monoisotopic (exact) mass is 416 g/mol. The number of rotatable bonds is 4. The molecule has 160 valence electrons. The molecule has 2 atom stereocenters. The van der Waals surface area contributed by atoms with Crippen molar-refractivity contribution in [1.29, 1.82) is 0 Å². The van der Waals surface area contributed by atoms with E-state index in [9.17, 15) is 9.59 Å². The molecule has 5 rings (SSSR count). The molecule has 0 radical (unpaired) electrons. The first-order valence-electron chi connectivity index (χ1n) is 11.1. The molecule has 2 heterocycles. The van der Waals surface area contributed by atoms with Crippen LogP contribution in [-0.2, 0) is 16.0 Å². The summed E-state index contributed by atoms with van der Waals surface area (Å²) < 4.78 is 5.38. The highest BCUT2D eigenvalue weighted by atomic mass is 16.5. The Balaban J connectivity index is 1.23. The zero-order valence-corrected chi connectivity index (χ0v) is 17.8. The van der Waals surface area contributed by atoms with Crippen LogP contribution in [0.5, 0.6) is 0 Å². The summed E-state index contributed by atoms with van der Waals surface area (Å²) >= 11 is 0. The van der Waals surface area contributed by atoms with Gasteiger partial charge in [0.1, 0.15) is 0 Å². The molecule has 0 spiro atoms. The third-order valence-electron chi connectivity index (χ3n) is 7.11. The van der Waals surface area contributed by atoms with Gasteiger partial charge in [-0.15, -0.1) is 0 Å². The Labute approximate surface area is 183 Å². The number of fused-ring (bicyclic) bond motifs is 1. The predicted molar refractivity (Wildman–Crippen MR) is 120 cm³/mol. The highest BCUT2D eigenvalue weighted by Crippen LogP contribution is 2.52. The molecule has 0 bridgehead atoms. The van der Waals surface area contributed by atoms with E-state index in [1.807, 2.05) is 47.4 Å². The van der Waals surface area contributed by atoms with E-state index in [4.69, 9.17) is 4.74 Å². The molecule has 0 N–H and O–H groups in total.